The van der Waals surface area contributed by atoms with E-state index in [1.54, 1.807) is 0 Å². The van der Waals surface area contributed by atoms with Gasteiger partial charge in [-0.15, -0.1) is 0 Å². The van der Waals surface area contributed by atoms with Crippen molar-refractivity contribution in [2.75, 3.05) is 19.8 Å². The van der Waals surface area contributed by atoms with Gasteiger partial charge in [-0.1, -0.05) is 19.3 Å². The van der Waals surface area contributed by atoms with E-state index in [2.05, 4.69) is 6.07 Å². The third-order valence-electron chi connectivity index (χ3n) is 4.22. The molecule has 1 saturated heterocycles. The average molecular weight is 250 g/mol. The van der Waals surface area contributed by atoms with E-state index in [1.807, 2.05) is 18.7 Å². The fraction of sp³-hybridized carbons (Fsp3) is 0.857. The molecule has 2 aliphatic rings. The molecule has 0 spiro atoms. The maximum absolute atomic E-state index is 12.8. The van der Waals surface area contributed by atoms with Gasteiger partial charge in [-0.05, 0) is 26.7 Å². The van der Waals surface area contributed by atoms with Crippen molar-refractivity contribution in [3.63, 3.8) is 0 Å². The quantitative estimate of drug-likeness (QED) is 0.716. The Hall–Kier alpha value is -1.08. The summed E-state index contributed by atoms with van der Waals surface area (Å²) in [6.45, 7) is 5.77. The lowest BCUT2D eigenvalue weighted by Gasteiger charge is -2.46. The Kier molecular flexibility index (Phi) is 3.63. The predicted molar refractivity (Wildman–Crippen MR) is 67.7 cm³/mol. The van der Waals surface area contributed by atoms with Crippen LogP contribution in [0.3, 0.4) is 0 Å². The lowest BCUT2D eigenvalue weighted by Crippen LogP contribution is -2.59. The number of nitriles is 1. The van der Waals surface area contributed by atoms with Gasteiger partial charge in [0.25, 0.3) is 0 Å². The lowest BCUT2D eigenvalue weighted by atomic mass is 9.73. The zero-order chi connectivity index (χ0) is 13.2. The van der Waals surface area contributed by atoms with Gasteiger partial charge in [0.15, 0.2) is 0 Å². The summed E-state index contributed by atoms with van der Waals surface area (Å²) in [5.74, 6) is 0.0259. The number of hydrogen-bond donors (Lipinski definition) is 0. The van der Waals surface area contributed by atoms with E-state index in [4.69, 9.17) is 4.74 Å². The van der Waals surface area contributed by atoms with Gasteiger partial charge in [-0.2, -0.15) is 5.26 Å². The van der Waals surface area contributed by atoms with Crippen molar-refractivity contribution in [2.45, 2.75) is 51.5 Å². The van der Waals surface area contributed by atoms with Crippen LogP contribution in [0.5, 0.6) is 0 Å². The van der Waals surface area contributed by atoms with Crippen LogP contribution in [-0.2, 0) is 9.53 Å². The first-order chi connectivity index (χ1) is 8.52. The molecule has 4 nitrogen and oxygen atoms in total. The van der Waals surface area contributed by atoms with Crippen molar-refractivity contribution in [1.82, 2.24) is 4.90 Å². The summed E-state index contributed by atoms with van der Waals surface area (Å²) in [6, 6.07) is 2.32. The number of nitrogens with zero attached hydrogens (tertiary/aromatic N) is 2. The monoisotopic (exact) mass is 250 g/mol. The standard InChI is InChI=1S/C14H22N2O2/c1-13(2)11-18-9-8-16(13)12(17)14(10-15)6-4-3-5-7-14/h3-9,11H2,1-2H3. The van der Waals surface area contributed by atoms with Gasteiger partial charge in [0.05, 0.1) is 24.8 Å². The maximum atomic E-state index is 12.8. The Balaban J connectivity index is 2.21. The van der Waals surface area contributed by atoms with Crippen LogP contribution in [0.1, 0.15) is 46.0 Å². The van der Waals surface area contributed by atoms with Crippen LogP contribution in [0.4, 0.5) is 0 Å². The second kappa shape index (κ2) is 4.89. The van der Waals surface area contributed by atoms with E-state index in [1.165, 1.54) is 0 Å². The molecule has 0 N–H and O–H groups in total. The zero-order valence-corrected chi connectivity index (χ0v) is 11.4. The van der Waals surface area contributed by atoms with E-state index in [9.17, 15) is 10.1 Å². The molecule has 0 atom stereocenters. The smallest absolute Gasteiger partial charge is 0.243 e. The number of morpholine rings is 1. The van der Waals surface area contributed by atoms with Crippen LogP contribution in [0, 0.1) is 16.7 Å². The Bertz CT molecular complexity index is 364. The van der Waals surface area contributed by atoms with Gasteiger partial charge in [0.1, 0.15) is 5.41 Å². The first kappa shape index (κ1) is 13.4. The van der Waals surface area contributed by atoms with Gasteiger partial charge in [-0.25, -0.2) is 0 Å². The zero-order valence-electron chi connectivity index (χ0n) is 11.4. The van der Waals surface area contributed by atoms with Crippen molar-refractivity contribution in [1.29, 1.82) is 5.26 Å². The summed E-state index contributed by atoms with van der Waals surface area (Å²) in [6.07, 6.45) is 4.56. The molecular weight excluding hydrogens is 228 g/mol. The molecule has 18 heavy (non-hydrogen) atoms. The molecule has 0 aromatic heterocycles. The SMILES string of the molecule is CC1(C)COCCN1C(=O)C1(C#N)CCCCC1. The molecule has 1 amide bonds. The van der Waals surface area contributed by atoms with Crippen LogP contribution in [0.25, 0.3) is 0 Å². The van der Waals surface area contributed by atoms with Gasteiger partial charge in [0, 0.05) is 6.54 Å². The van der Waals surface area contributed by atoms with Crippen molar-refractivity contribution in [3.05, 3.63) is 0 Å². The topological polar surface area (TPSA) is 53.3 Å². The molecule has 4 heteroatoms. The molecule has 2 rings (SSSR count). The van der Waals surface area contributed by atoms with Crippen LogP contribution in [-0.4, -0.2) is 36.1 Å². The summed E-state index contributed by atoms with van der Waals surface area (Å²) >= 11 is 0. The number of carbonyl (C=O) groups is 1. The molecule has 0 bridgehead atoms. The van der Waals surface area contributed by atoms with Crippen molar-refractivity contribution in [2.24, 2.45) is 5.41 Å². The molecule has 0 radical (unpaired) electrons. The van der Waals surface area contributed by atoms with Crippen LogP contribution in [0.15, 0.2) is 0 Å². The highest BCUT2D eigenvalue weighted by Gasteiger charge is 2.46. The molecule has 0 aromatic rings. The van der Waals surface area contributed by atoms with E-state index in [-0.39, 0.29) is 11.4 Å². The number of carbonyl (C=O) groups excluding carboxylic acids is 1. The molecule has 1 aliphatic heterocycles. The first-order valence-corrected chi connectivity index (χ1v) is 6.83. The molecular formula is C14H22N2O2. The highest BCUT2D eigenvalue weighted by atomic mass is 16.5. The van der Waals surface area contributed by atoms with E-state index in [0.29, 0.717) is 19.8 Å². The van der Waals surface area contributed by atoms with E-state index < -0.39 is 5.41 Å². The average Bonchev–Trinajstić information content (AvgIpc) is 2.38. The molecule has 0 unspecified atom stereocenters. The van der Waals surface area contributed by atoms with Crippen LogP contribution >= 0.6 is 0 Å². The highest BCUT2D eigenvalue weighted by Crippen LogP contribution is 2.39. The van der Waals surface area contributed by atoms with Crippen molar-refractivity contribution in [3.8, 4) is 6.07 Å². The van der Waals surface area contributed by atoms with Crippen molar-refractivity contribution < 1.29 is 9.53 Å². The van der Waals surface area contributed by atoms with Crippen LogP contribution < -0.4 is 0 Å². The predicted octanol–water partition coefficient (Wildman–Crippen LogP) is 2.10. The minimum atomic E-state index is -0.771. The first-order valence-electron chi connectivity index (χ1n) is 6.83. The van der Waals surface area contributed by atoms with E-state index in [0.717, 1.165) is 32.1 Å². The fourth-order valence-electron chi connectivity index (χ4n) is 3.02. The lowest BCUT2D eigenvalue weighted by molar-refractivity contribution is -0.155. The third-order valence-corrected chi connectivity index (χ3v) is 4.22. The number of hydrogen-bond acceptors (Lipinski definition) is 3. The van der Waals surface area contributed by atoms with Gasteiger partial charge in [0.2, 0.25) is 5.91 Å². The minimum absolute atomic E-state index is 0.0259. The largest absolute Gasteiger partial charge is 0.377 e. The third kappa shape index (κ3) is 2.24. The van der Waals surface area contributed by atoms with Gasteiger partial charge < -0.3 is 9.64 Å². The summed E-state index contributed by atoms with van der Waals surface area (Å²) in [4.78, 5) is 14.6. The Morgan fingerprint density at radius 2 is 1.94 bits per heavy atom. The molecule has 1 heterocycles. The summed E-state index contributed by atoms with van der Waals surface area (Å²) in [7, 11) is 0. The summed E-state index contributed by atoms with van der Waals surface area (Å²) in [5, 5.41) is 9.48. The van der Waals surface area contributed by atoms with Crippen molar-refractivity contribution >= 4 is 5.91 Å². The summed E-state index contributed by atoms with van der Waals surface area (Å²) in [5.41, 5.74) is -1.07. The fourth-order valence-corrected chi connectivity index (χ4v) is 3.02. The van der Waals surface area contributed by atoms with E-state index >= 15 is 0 Å². The summed E-state index contributed by atoms with van der Waals surface area (Å²) < 4.78 is 5.44. The molecule has 100 valence electrons. The number of ether oxygens (including phenoxy) is 1. The van der Waals surface area contributed by atoms with Gasteiger partial charge >= 0.3 is 0 Å². The number of amides is 1. The Morgan fingerprint density at radius 3 is 2.50 bits per heavy atom. The molecule has 1 saturated carbocycles. The number of rotatable bonds is 1. The normalized spacial score (nSPS) is 26.4. The molecule has 0 aromatic carbocycles. The second-order valence-electron chi connectivity index (χ2n) is 6.08. The second-order valence-corrected chi connectivity index (χ2v) is 6.08. The van der Waals surface area contributed by atoms with Crippen LogP contribution in [0.2, 0.25) is 0 Å². The Morgan fingerprint density at radius 1 is 1.28 bits per heavy atom. The minimum Gasteiger partial charge on any atom is -0.377 e. The Labute approximate surface area is 109 Å². The highest BCUT2D eigenvalue weighted by molar-refractivity contribution is 5.86. The maximum Gasteiger partial charge on any atom is 0.243 e. The molecule has 2 fully saturated rings. The molecule has 1 aliphatic carbocycles. The van der Waals surface area contributed by atoms with Gasteiger partial charge in [-0.3, -0.25) is 4.79 Å².